The van der Waals surface area contributed by atoms with Gasteiger partial charge in [-0.25, -0.2) is 0 Å². The first-order chi connectivity index (χ1) is 9.49. The molecular formula is C13H15Cl2N3OS. The van der Waals surface area contributed by atoms with Crippen LogP contribution in [0.4, 0.5) is 5.69 Å². The highest BCUT2D eigenvalue weighted by molar-refractivity contribution is 7.98. The number of nitrogens with zero attached hydrogens (tertiary/aromatic N) is 2. The van der Waals surface area contributed by atoms with Crippen LogP contribution >= 0.6 is 35.0 Å². The molecule has 0 aliphatic rings. The van der Waals surface area contributed by atoms with Crippen LogP contribution in [-0.2, 0) is 5.75 Å². The second-order valence-electron chi connectivity index (χ2n) is 4.74. The number of halogens is 2. The van der Waals surface area contributed by atoms with E-state index in [2.05, 4.69) is 24.0 Å². The number of rotatable bonds is 5. The Balaban J connectivity index is 2.19. The summed E-state index contributed by atoms with van der Waals surface area (Å²) in [5.74, 6) is 3.30. The van der Waals surface area contributed by atoms with Crippen LogP contribution in [0.25, 0.3) is 11.5 Å². The molecule has 7 heteroatoms. The van der Waals surface area contributed by atoms with E-state index in [0.29, 0.717) is 44.7 Å². The van der Waals surface area contributed by atoms with E-state index in [-0.39, 0.29) is 0 Å². The Morgan fingerprint density at radius 2 is 2.00 bits per heavy atom. The van der Waals surface area contributed by atoms with Crippen LogP contribution < -0.4 is 5.73 Å². The van der Waals surface area contributed by atoms with Crippen LogP contribution in [0.1, 0.15) is 19.7 Å². The topological polar surface area (TPSA) is 64.9 Å². The second-order valence-corrected chi connectivity index (χ2v) is 6.59. The molecule has 0 fully saturated rings. The highest BCUT2D eigenvalue weighted by Crippen LogP contribution is 2.36. The van der Waals surface area contributed by atoms with Crippen LogP contribution in [-0.4, -0.2) is 15.9 Å². The van der Waals surface area contributed by atoms with Crippen molar-refractivity contribution in [1.82, 2.24) is 10.1 Å². The van der Waals surface area contributed by atoms with E-state index in [1.165, 1.54) is 0 Å². The van der Waals surface area contributed by atoms with Crippen molar-refractivity contribution >= 4 is 40.7 Å². The molecule has 4 nitrogen and oxygen atoms in total. The molecule has 108 valence electrons. The monoisotopic (exact) mass is 331 g/mol. The van der Waals surface area contributed by atoms with Gasteiger partial charge in [0.15, 0.2) is 5.82 Å². The molecule has 2 aromatic rings. The van der Waals surface area contributed by atoms with Gasteiger partial charge in [0.1, 0.15) is 0 Å². The predicted molar refractivity (Wildman–Crippen MR) is 85.2 cm³/mol. The third-order valence-corrected chi connectivity index (χ3v) is 4.52. The molecule has 1 aromatic carbocycles. The van der Waals surface area contributed by atoms with Crippen molar-refractivity contribution in [2.24, 2.45) is 5.92 Å². The smallest absolute Gasteiger partial charge is 0.261 e. The zero-order valence-corrected chi connectivity index (χ0v) is 13.5. The Morgan fingerprint density at radius 1 is 1.30 bits per heavy atom. The Bertz CT molecular complexity index is 601. The Labute approximate surface area is 132 Å². The number of hydrogen-bond donors (Lipinski definition) is 1. The van der Waals surface area contributed by atoms with Crippen molar-refractivity contribution in [1.29, 1.82) is 0 Å². The minimum Gasteiger partial charge on any atom is -0.397 e. The number of nitrogens with two attached hydrogens (primary N) is 1. The molecule has 0 saturated heterocycles. The summed E-state index contributed by atoms with van der Waals surface area (Å²) in [6.45, 7) is 4.34. The fourth-order valence-electron chi connectivity index (χ4n) is 1.58. The largest absolute Gasteiger partial charge is 0.397 e. The molecule has 0 saturated carbocycles. The number of thioether (sulfide) groups is 1. The molecule has 0 spiro atoms. The first kappa shape index (κ1) is 15.5. The highest BCUT2D eigenvalue weighted by atomic mass is 35.5. The number of hydrogen-bond acceptors (Lipinski definition) is 5. The van der Waals surface area contributed by atoms with Crippen LogP contribution in [0.3, 0.4) is 0 Å². The molecular weight excluding hydrogens is 317 g/mol. The first-order valence-electron chi connectivity index (χ1n) is 6.13. The SMILES string of the molecule is CC(C)CSCc1noc(-c2c(Cl)ccc(Cl)c2N)n1. The minimum atomic E-state index is 0.301. The molecule has 2 N–H and O–H groups in total. The van der Waals surface area contributed by atoms with Crippen LogP contribution in [0, 0.1) is 5.92 Å². The first-order valence-corrected chi connectivity index (χ1v) is 8.04. The van der Waals surface area contributed by atoms with Crippen molar-refractivity contribution in [3.63, 3.8) is 0 Å². The van der Waals surface area contributed by atoms with Crippen molar-refractivity contribution in [3.05, 3.63) is 28.0 Å². The molecule has 0 unspecified atom stereocenters. The Morgan fingerprint density at radius 3 is 2.70 bits per heavy atom. The van der Waals surface area contributed by atoms with E-state index in [1.54, 1.807) is 23.9 Å². The van der Waals surface area contributed by atoms with Gasteiger partial charge in [-0.15, -0.1) is 0 Å². The lowest BCUT2D eigenvalue weighted by molar-refractivity contribution is 0.425. The van der Waals surface area contributed by atoms with Gasteiger partial charge < -0.3 is 10.3 Å². The van der Waals surface area contributed by atoms with Crippen LogP contribution in [0.15, 0.2) is 16.7 Å². The standard InChI is InChI=1S/C13H15Cl2N3OS/c1-7(2)5-20-6-10-17-13(19-18-10)11-8(14)3-4-9(15)12(11)16/h3-4,7H,5-6,16H2,1-2H3. The average Bonchev–Trinajstić information content (AvgIpc) is 2.83. The third kappa shape index (κ3) is 3.59. The quantitative estimate of drug-likeness (QED) is 0.816. The molecule has 0 aliphatic heterocycles. The van der Waals surface area contributed by atoms with Gasteiger partial charge >= 0.3 is 0 Å². The number of anilines is 1. The summed E-state index contributed by atoms with van der Waals surface area (Å²) in [7, 11) is 0. The molecule has 0 aliphatic carbocycles. The summed E-state index contributed by atoms with van der Waals surface area (Å²) >= 11 is 13.9. The fraction of sp³-hybridized carbons (Fsp3) is 0.385. The van der Waals surface area contributed by atoms with E-state index in [0.717, 1.165) is 5.75 Å². The summed E-state index contributed by atoms with van der Waals surface area (Å²) in [6, 6.07) is 3.30. The fourth-order valence-corrected chi connectivity index (χ4v) is 2.88. The molecule has 0 atom stereocenters. The van der Waals surface area contributed by atoms with Crippen LogP contribution in [0.2, 0.25) is 10.0 Å². The summed E-state index contributed by atoms with van der Waals surface area (Å²) < 4.78 is 5.23. The van der Waals surface area contributed by atoms with E-state index in [4.69, 9.17) is 33.5 Å². The third-order valence-electron chi connectivity index (χ3n) is 2.51. The maximum atomic E-state index is 6.12. The van der Waals surface area contributed by atoms with Crippen molar-refractivity contribution < 1.29 is 4.52 Å². The van der Waals surface area contributed by atoms with Gasteiger partial charge in [0.2, 0.25) is 0 Å². The molecule has 1 aromatic heterocycles. The van der Waals surface area contributed by atoms with Crippen molar-refractivity contribution in [2.75, 3.05) is 11.5 Å². The Hall–Kier alpha value is -0.910. The molecule has 0 bridgehead atoms. The predicted octanol–water partition coefficient (Wildman–Crippen LogP) is 4.51. The van der Waals surface area contributed by atoms with Gasteiger partial charge in [0.05, 0.1) is 27.0 Å². The highest BCUT2D eigenvalue weighted by Gasteiger charge is 2.17. The lowest BCUT2D eigenvalue weighted by Crippen LogP contribution is -1.94. The zero-order chi connectivity index (χ0) is 14.7. The van der Waals surface area contributed by atoms with Gasteiger partial charge in [-0.3, -0.25) is 0 Å². The molecule has 20 heavy (non-hydrogen) atoms. The van der Waals surface area contributed by atoms with E-state index in [1.807, 2.05) is 0 Å². The van der Waals surface area contributed by atoms with Gasteiger partial charge in [0.25, 0.3) is 5.89 Å². The Kier molecular flexibility index (Phi) is 5.18. The maximum Gasteiger partial charge on any atom is 0.261 e. The lowest BCUT2D eigenvalue weighted by atomic mass is 10.2. The minimum absolute atomic E-state index is 0.301. The van der Waals surface area contributed by atoms with Gasteiger partial charge in [-0.2, -0.15) is 16.7 Å². The van der Waals surface area contributed by atoms with Gasteiger partial charge in [-0.05, 0) is 23.8 Å². The second kappa shape index (κ2) is 6.70. The van der Waals surface area contributed by atoms with Crippen molar-refractivity contribution in [3.8, 4) is 11.5 Å². The lowest BCUT2D eigenvalue weighted by Gasteiger charge is -2.04. The summed E-state index contributed by atoms with van der Waals surface area (Å²) in [5.41, 5.74) is 6.76. The van der Waals surface area contributed by atoms with Gasteiger partial charge in [0, 0.05) is 0 Å². The van der Waals surface area contributed by atoms with Crippen molar-refractivity contribution in [2.45, 2.75) is 19.6 Å². The molecule has 2 rings (SSSR count). The van der Waals surface area contributed by atoms with E-state index in [9.17, 15) is 0 Å². The molecule has 0 amide bonds. The number of aromatic nitrogens is 2. The molecule has 0 radical (unpaired) electrons. The zero-order valence-electron chi connectivity index (χ0n) is 11.2. The maximum absolute atomic E-state index is 6.12. The van der Waals surface area contributed by atoms with E-state index < -0.39 is 0 Å². The number of nitrogen functional groups attached to an aromatic ring is 1. The number of benzene rings is 1. The van der Waals surface area contributed by atoms with Gasteiger partial charge in [-0.1, -0.05) is 42.2 Å². The molecule has 1 heterocycles. The average molecular weight is 332 g/mol. The summed E-state index contributed by atoms with van der Waals surface area (Å²) in [6.07, 6.45) is 0. The van der Waals surface area contributed by atoms with E-state index >= 15 is 0 Å². The van der Waals surface area contributed by atoms with Crippen LogP contribution in [0.5, 0.6) is 0 Å². The normalized spacial score (nSPS) is 11.2. The summed E-state index contributed by atoms with van der Waals surface area (Å²) in [5, 5.41) is 4.79. The summed E-state index contributed by atoms with van der Waals surface area (Å²) in [4.78, 5) is 4.32.